The van der Waals surface area contributed by atoms with E-state index in [-0.39, 0.29) is 27.4 Å². The Labute approximate surface area is 200 Å². The van der Waals surface area contributed by atoms with Crippen LogP contribution in [0.25, 0.3) is 0 Å². The van der Waals surface area contributed by atoms with E-state index >= 15 is 0 Å². The third-order valence-corrected chi connectivity index (χ3v) is 7.27. The summed E-state index contributed by atoms with van der Waals surface area (Å²) in [5.74, 6) is -0.501. The fourth-order valence-electron chi connectivity index (χ4n) is 3.39. The maximum Gasteiger partial charge on any atom is 0.300 e. The highest BCUT2D eigenvalue weighted by molar-refractivity contribution is 7.89. The number of rotatable bonds is 11. The number of hydrogen-bond acceptors (Lipinski definition) is 8. The van der Waals surface area contributed by atoms with E-state index in [4.69, 9.17) is 0 Å². The molecule has 1 N–H and O–H groups in total. The maximum absolute atomic E-state index is 13.5. The average Bonchev–Trinajstić information content (AvgIpc) is 2.79. The first-order valence-electron chi connectivity index (χ1n) is 11.2. The van der Waals surface area contributed by atoms with Gasteiger partial charge in [0.05, 0.1) is 0 Å². The van der Waals surface area contributed by atoms with Crippen LogP contribution in [0.1, 0.15) is 50.7 Å². The second-order valence-corrected chi connectivity index (χ2v) is 9.93. The molecule has 2 aromatic rings. The smallest absolute Gasteiger partial charge is 0.300 e. The van der Waals surface area contributed by atoms with Gasteiger partial charge >= 0.3 is 0 Å². The van der Waals surface area contributed by atoms with Crippen molar-refractivity contribution in [3.05, 3.63) is 45.7 Å². The number of azo groups is 1. The summed E-state index contributed by atoms with van der Waals surface area (Å²) >= 11 is 0. The van der Waals surface area contributed by atoms with Gasteiger partial charge in [0.1, 0.15) is 22.2 Å². The number of aromatic nitrogens is 1. The maximum atomic E-state index is 13.5. The molecular weight excluding hydrogens is 456 g/mol. The number of sulfonamides is 1. The van der Waals surface area contributed by atoms with E-state index in [2.05, 4.69) is 10.2 Å². The second-order valence-electron chi connectivity index (χ2n) is 8.03. The predicted molar refractivity (Wildman–Crippen MR) is 131 cm³/mol. The highest BCUT2D eigenvalue weighted by Crippen LogP contribution is 2.31. The minimum absolute atomic E-state index is 0.00386. The van der Waals surface area contributed by atoms with Gasteiger partial charge in [-0.3, -0.25) is 4.79 Å². The third kappa shape index (κ3) is 5.63. The van der Waals surface area contributed by atoms with Crippen LogP contribution < -0.4 is 10.6 Å². The molecule has 0 fully saturated rings. The Morgan fingerprint density at radius 1 is 1.09 bits per heavy atom. The number of nitrogens with zero attached hydrogens (tertiary/aromatic N) is 6. The SMILES string of the molecule is CCCCN(CCCC)S(=O)(=O)c1ccccc1N=Nc1c(C)c(C#N)c(O)n(N(C)C)c1=O. The molecule has 184 valence electrons. The second kappa shape index (κ2) is 11.8. The molecule has 0 bridgehead atoms. The van der Waals surface area contributed by atoms with E-state index in [1.54, 1.807) is 12.1 Å². The molecule has 10 nitrogen and oxygen atoms in total. The van der Waals surface area contributed by atoms with E-state index in [9.17, 15) is 23.6 Å². The summed E-state index contributed by atoms with van der Waals surface area (Å²) in [5, 5.41) is 29.3. The predicted octanol–water partition coefficient (Wildman–Crippen LogP) is 3.94. The van der Waals surface area contributed by atoms with Crippen molar-refractivity contribution in [3.8, 4) is 11.9 Å². The van der Waals surface area contributed by atoms with Gasteiger partial charge in [-0.2, -0.15) is 14.2 Å². The Bertz CT molecular complexity index is 1240. The average molecular weight is 489 g/mol. The largest absolute Gasteiger partial charge is 0.492 e. The zero-order chi connectivity index (χ0) is 25.5. The molecule has 0 saturated heterocycles. The van der Waals surface area contributed by atoms with Crippen LogP contribution in [0.3, 0.4) is 0 Å². The van der Waals surface area contributed by atoms with E-state index in [1.165, 1.54) is 42.5 Å². The van der Waals surface area contributed by atoms with Crippen molar-refractivity contribution in [1.29, 1.82) is 5.26 Å². The van der Waals surface area contributed by atoms with Crippen LogP contribution in [0.4, 0.5) is 11.4 Å². The van der Waals surface area contributed by atoms with Crippen molar-refractivity contribution in [1.82, 2.24) is 8.98 Å². The highest BCUT2D eigenvalue weighted by atomic mass is 32.2. The van der Waals surface area contributed by atoms with Crippen molar-refractivity contribution in [2.24, 2.45) is 10.2 Å². The van der Waals surface area contributed by atoms with E-state index in [0.29, 0.717) is 13.1 Å². The number of benzene rings is 1. The molecule has 0 aliphatic heterocycles. The molecule has 2 rings (SSSR count). The molecule has 0 aliphatic carbocycles. The molecule has 0 spiro atoms. The van der Waals surface area contributed by atoms with Gasteiger partial charge in [-0.25, -0.2) is 8.42 Å². The first-order valence-corrected chi connectivity index (χ1v) is 12.6. The molecular formula is C23H32N6O4S. The summed E-state index contributed by atoms with van der Waals surface area (Å²) in [7, 11) is -0.788. The standard InChI is InChI=1S/C23H32N6O4S/c1-6-8-14-28(15-9-7-2)34(32,33)20-13-11-10-12-19(20)25-26-21-17(3)18(16-24)22(30)29(23(21)31)27(4)5/h10-13,30H,6-9,14-15H2,1-5H3. The van der Waals surface area contributed by atoms with Crippen molar-refractivity contribution in [3.63, 3.8) is 0 Å². The van der Waals surface area contributed by atoms with Gasteiger partial charge in [-0.1, -0.05) is 38.8 Å². The first-order chi connectivity index (χ1) is 16.1. The first kappa shape index (κ1) is 27.0. The van der Waals surface area contributed by atoms with Crippen molar-refractivity contribution in [2.45, 2.75) is 51.3 Å². The van der Waals surface area contributed by atoms with E-state index in [1.807, 2.05) is 19.9 Å². The van der Waals surface area contributed by atoms with Gasteiger partial charge in [0, 0.05) is 32.7 Å². The van der Waals surface area contributed by atoms with Crippen LogP contribution in [0, 0.1) is 18.3 Å². The Morgan fingerprint density at radius 2 is 1.68 bits per heavy atom. The van der Waals surface area contributed by atoms with Gasteiger partial charge in [-0.05, 0) is 31.9 Å². The lowest BCUT2D eigenvalue weighted by atomic mass is 10.1. The normalized spacial score (nSPS) is 11.8. The molecule has 0 saturated carbocycles. The summed E-state index contributed by atoms with van der Waals surface area (Å²) in [6.45, 7) is 6.29. The Kier molecular flexibility index (Phi) is 9.35. The van der Waals surface area contributed by atoms with Crippen LogP contribution >= 0.6 is 0 Å². The quantitative estimate of drug-likeness (QED) is 0.477. The number of unbranched alkanes of at least 4 members (excludes halogenated alkanes) is 2. The summed E-state index contributed by atoms with van der Waals surface area (Å²) in [6.07, 6.45) is 3.19. The van der Waals surface area contributed by atoms with Crippen molar-refractivity contribution < 1.29 is 13.5 Å². The molecule has 0 unspecified atom stereocenters. The molecule has 0 amide bonds. The Morgan fingerprint density at radius 3 is 2.21 bits per heavy atom. The Hall–Kier alpha value is -3.23. The molecule has 1 aromatic heterocycles. The van der Waals surface area contributed by atoms with Crippen LogP contribution in [-0.2, 0) is 10.0 Å². The van der Waals surface area contributed by atoms with Crippen LogP contribution in [-0.4, -0.2) is 49.7 Å². The fourth-order valence-corrected chi connectivity index (χ4v) is 5.03. The van der Waals surface area contributed by atoms with E-state index < -0.39 is 21.5 Å². The van der Waals surface area contributed by atoms with E-state index in [0.717, 1.165) is 30.4 Å². The lowest BCUT2D eigenvalue weighted by Gasteiger charge is -2.22. The number of hydrogen-bond donors (Lipinski definition) is 1. The molecule has 0 radical (unpaired) electrons. The van der Waals surface area contributed by atoms with Gasteiger partial charge in [-0.15, -0.1) is 10.2 Å². The van der Waals surface area contributed by atoms with Gasteiger partial charge < -0.3 is 10.1 Å². The number of aromatic hydroxyl groups is 1. The van der Waals surface area contributed by atoms with Crippen LogP contribution in [0.15, 0.2) is 44.2 Å². The monoisotopic (exact) mass is 488 g/mol. The summed E-state index contributed by atoms with van der Waals surface area (Å²) < 4.78 is 29.3. The summed E-state index contributed by atoms with van der Waals surface area (Å²) in [4.78, 5) is 12.9. The molecule has 1 heterocycles. The van der Waals surface area contributed by atoms with Crippen LogP contribution in [0.2, 0.25) is 0 Å². The number of nitriles is 1. The topological polar surface area (TPSA) is 131 Å². The minimum atomic E-state index is -3.85. The van der Waals surface area contributed by atoms with Crippen LogP contribution in [0.5, 0.6) is 5.88 Å². The fraction of sp³-hybridized carbons (Fsp3) is 0.478. The van der Waals surface area contributed by atoms with Crippen molar-refractivity contribution >= 4 is 21.4 Å². The molecule has 0 atom stereocenters. The molecule has 1 aromatic carbocycles. The lowest BCUT2D eigenvalue weighted by molar-refractivity contribution is 0.395. The zero-order valence-electron chi connectivity index (χ0n) is 20.3. The van der Waals surface area contributed by atoms with Gasteiger partial charge in [0.25, 0.3) is 5.56 Å². The minimum Gasteiger partial charge on any atom is -0.492 e. The lowest BCUT2D eigenvalue weighted by Crippen LogP contribution is -2.36. The highest BCUT2D eigenvalue weighted by Gasteiger charge is 2.27. The Balaban J connectivity index is 2.62. The van der Waals surface area contributed by atoms with Gasteiger partial charge in [0.15, 0.2) is 5.69 Å². The molecule has 11 heteroatoms. The zero-order valence-corrected chi connectivity index (χ0v) is 21.1. The van der Waals surface area contributed by atoms with Crippen molar-refractivity contribution in [2.75, 3.05) is 32.2 Å². The molecule has 0 aliphatic rings. The molecule has 34 heavy (non-hydrogen) atoms. The van der Waals surface area contributed by atoms with Gasteiger partial charge in [0.2, 0.25) is 15.9 Å². The summed E-state index contributed by atoms with van der Waals surface area (Å²) in [5.41, 5.74) is -0.727. The number of pyridine rings is 1. The third-order valence-electron chi connectivity index (χ3n) is 5.32. The summed E-state index contributed by atoms with van der Waals surface area (Å²) in [6, 6.07) is 8.11.